The van der Waals surface area contributed by atoms with E-state index in [4.69, 9.17) is 17.3 Å². The molecule has 2 amide bonds. The Balaban J connectivity index is 1.28. The molecule has 7 heteroatoms. The van der Waals surface area contributed by atoms with Crippen LogP contribution < -0.4 is 15.8 Å². The van der Waals surface area contributed by atoms with E-state index < -0.39 is 5.54 Å². The number of amides is 2. The predicted octanol–water partition coefficient (Wildman–Crippen LogP) is 3.96. The van der Waals surface area contributed by atoms with Gasteiger partial charge in [0.15, 0.2) is 0 Å². The zero-order valence-corrected chi connectivity index (χ0v) is 19.0. The van der Waals surface area contributed by atoms with Crippen molar-refractivity contribution in [1.29, 1.82) is 0 Å². The van der Waals surface area contributed by atoms with Gasteiger partial charge in [0.1, 0.15) is 5.54 Å². The van der Waals surface area contributed by atoms with Crippen LogP contribution in [0, 0.1) is 30.1 Å². The van der Waals surface area contributed by atoms with Crippen LogP contribution in [0.4, 0.5) is 0 Å². The SMILES string of the molecule is Cc1c(Cl)cccc1SNC1(C(=O)NC2C3CC4CC2CC(C(N)=O)(C4)C3)CCC1. The summed E-state index contributed by atoms with van der Waals surface area (Å²) >= 11 is 7.76. The van der Waals surface area contributed by atoms with Gasteiger partial charge in [0, 0.05) is 21.4 Å². The Bertz CT molecular complexity index is 871. The van der Waals surface area contributed by atoms with Crippen molar-refractivity contribution in [3.05, 3.63) is 28.8 Å². The number of rotatable bonds is 6. The van der Waals surface area contributed by atoms with Gasteiger partial charge in [-0.2, -0.15) is 0 Å². The van der Waals surface area contributed by atoms with Crippen LogP contribution in [0.3, 0.4) is 0 Å². The van der Waals surface area contributed by atoms with E-state index in [2.05, 4.69) is 10.0 Å². The molecule has 2 atom stereocenters. The molecule has 6 rings (SSSR count). The highest BCUT2D eigenvalue weighted by molar-refractivity contribution is 7.97. The Labute approximate surface area is 187 Å². The predicted molar refractivity (Wildman–Crippen MR) is 119 cm³/mol. The van der Waals surface area contributed by atoms with Crippen molar-refractivity contribution in [2.75, 3.05) is 0 Å². The van der Waals surface area contributed by atoms with Crippen LogP contribution in [0.25, 0.3) is 0 Å². The zero-order valence-electron chi connectivity index (χ0n) is 17.4. The van der Waals surface area contributed by atoms with E-state index in [0.29, 0.717) is 17.8 Å². The number of hydrogen-bond donors (Lipinski definition) is 3. The smallest absolute Gasteiger partial charge is 0.241 e. The average Bonchev–Trinajstić information content (AvgIpc) is 2.66. The molecule has 1 aromatic carbocycles. The standard InChI is InChI=1S/C23H30ClN3O2S/c1-13-17(24)4-2-5-18(13)30-27-23(6-3-7-23)21(29)26-19-15-8-14-9-16(19)12-22(10-14,11-15)20(25)28/h2,4-5,14-16,19,27H,3,6-12H2,1H3,(H2,25,28)(H,26,29). The van der Waals surface area contributed by atoms with Crippen LogP contribution in [0.15, 0.2) is 23.1 Å². The summed E-state index contributed by atoms with van der Waals surface area (Å²) in [6, 6.07) is 6.04. The molecule has 0 aromatic heterocycles. The van der Waals surface area contributed by atoms with Gasteiger partial charge in [0.05, 0.1) is 0 Å². The minimum absolute atomic E-state index is 0.117. The molecule has 162 valence electrons. The Morgan fingerprint density at radius 3 is 2.47 bits per heavy atom. The van der Waals surface area contributed by atoms with Crippen LogP contribution in [-0.4, -0.2) is 23.4 Å². The summed E-state index contributed by atoms with van der Waals surface area (Å²) in [7, 11) is 0. The Morgan fingerprint density at radius 2 is 1.87 bits per heavy atom. The Kier molecular flexibility index (Phi) is 5.11. The van der Waals surface area contributed by atoms with Crippen LogP contribution >= 0.6 is 23.5 Å². The number of carbonyl (C=O) groups excluding carboxylic acids is 2. The maximum Gasteiger partial charge on any atom is 0.241 e. The molecule has 30 heavy (non-hydrogen) atoms. The first-order chi connectivity index (χ1) is 14.3. The second kappa shape index (κ2) is 7.42. The second-order valence-electron chi connectivity index (χ2n) is 10.1. The molecule has 5 fully saturated rings. The lowest BCUT2D eigenvalue weighted by atomic mass is 9.47. The van der Waals surface area contributed by atoms with Gasteiger partial charge in [0.25, 0.3) is 0 Å². The summed E-state index contributed by atoms with van der Waals surface area (Å²) in [4.78, 5) is 26.7. The lowest BCUT2D eigenvalue weighted by Crippen LogP contribution is -2.66. The summed E-state index contributed by atoms with van der Waals surface area (Å²) in [5.41, 5.74) is 6.01. The minimum atomic E-state index is -0.518. The third kappa shape index (κ3) is 3.26. The van der Waals surface area contributed by atoms with Crippen molar-refractivity contribution in [3.63, 3.8) is 0 Å². The molecule has 1 aromatic rings. The quantitative estimate of drug-likeness (QED) is 0.576. The van der Waals surface area contributed by atoms with Crippen molar-refractivity contribution in [1.82, 2.24) is 10.0 Å². The fourth-order valence-electron chi connectivity index (χ4n) is 6.61. The number of nitrogens with one attached hydrogen (secondary N) is 2. The van der Waals surface area contributed by atoms with Gasteiger partial charge < -0.3 is 11.1 Å². The van der Waals surface area contributed by atoms with Gasteiger partial charge in [-0.15, -0.1) is 0 Å². The third-order valence-corrected chi connectivity index (χ3v) is 9.87. The molecule has 5 saturated carbocycles. The summed E-state index contributed by atoms with van der Waals surface area (Å²) in [5.74, 6) is 1.35. The molecule has 0 heterocycles. The topological polar surface area (TPSA) is 84.2 Å². The lowest BCUT2D eigenvalue weighted by molar-refractivity contribution is -0.149. The minimum Gasteiger partial charge on any atom is -0.369 e. The second-order valence-corrected chi connectivity index (χ2v) is 11.4. The number of nitrogens with two attached hydrogens (primary N) is 1. The fraction of sp³-hybridized carbons (Fsp3) is 0.652. The molecule has 0 spiro atoms. The van der Waals surface area contributed by atoms with E-state index in [-0.39, 0.29) is 23.3 Å². The number of hydrogen-bond acceptors (Lipinski definition) is 4. The average molecular weight is 448 g/mol. The molecular formula is C23H30ClN3O2S. The van der Waals surface area contributed by atoms with Gasteiger partial charge in [-0.3, -0.25) is 9.59 Å². The van der Waals surface area contributed by atoms with E-state index in [1.54, 1.807) is 0 Å². The van der Waals surface area contributed by atoms with E-state index in [0.717, 1.165) is 66.8 Å². The normalized spacial score (nSPS) is 35.7. The third-order valence-electron chi connectivity index (χ3n) is 8.31. The van der Waals surface area contributed by atoms with Gasteiger partial charge in [-0.25, -0.2) is 4.72 Å². The molecule has 5 nitrogen and oxygen atoms in total. The highest BCUT2D eigenvalue weighted by atomic mass is 35.5. The highest BCUT2D eigenvalue weighted by Crippen LogP contribution is 2.60. The van der Waals surface area contributed by atoms with Crippen molar-refractivity contribution >= 4 is 35.4 Å². The van der Waals surface area contributed by atoms with Gasteiger partial charge in [-0.1, -0.05) is 17.7 Å². The van der Waals surface area contributed by atoms with Crippen molar-refractivity contribution in [3.8, 4) is 0 Å². The van der Waals surface area contributed by atoms with Crippen molar-refractivity contribution < 1.29 is 9.59 Å². The van der Waals surface area contributed by atoms with E-state index in [1.165, 1.54) is 11.9 Å². The summed E-state index contributed by atoms with van der Waals surface area (Å²) in [6.45, 7) is 2.00. The summed E-state index contributed by atoms with van der Waals surface area (Å²) in [5, 5.41) is 4.17. The van der Waals surface area contributed by atoms with Crippen LogP contribution in [0.5, 0.6) is 0 Å². The molecule has 0 saturated heterocycles. The van der Waals surface area contributed by atoms with Crippen LogP contribution in [0.1, 0.15) is 56.9 Å². The molecule has 5 aliphatic rings. The van der Waals surface area contributed by atoms with E-state index >= 15 is 0 Å². The first-order valence-corrected chi connectivity index (χ1v) is 12.3. The van der Waals surface area contributed by atoms with Gasteiger partial charge in [0.2, 0.25) is 11.8 Å². The van der Waals surface area contributed by atoms with Crippen molar-refractivity contribution in [2.24, 2.45) is 28.9 Å². The van der Waals surface area contributed by atoms with Gasteiger partial charge >= 0.3 is 0 Å². The van der Waals surface area contributed by atoms with Gasteiger partial charge in [-0.05, 0) is 106 Å². The van der Waals surface area contributed by atoms with Crippen LogP contribution in [-0.2, 0) is 9.59 Å². The maximum atomic E-state index is 13.4. The maximum absolute atomic E-state index is 13.4. The number of primary amides is 1. The largest absolute Gasteiger partial charge is 0.369 e. The Morgan fingerprint density at radius 1 is 1.17 bits per heavy atom. The molecular weight excluding hydrogens is 418 g/mol. The van der Waals surface area contributed by atoms with Crippen molar-refractivity contribution in [2.45, 2.75) is 74.8 Å². The molecule has 0 radical (unpaired) electrons. The number of benzene rings is 1. The highest BCUT2D eigenvalue weighted by Gasteiger charge is 2.59. The first-order valence-electron chi connectivity index (χ1n) is 11.1. The van der Waals surface area contributed by atoms with E-state index in [9.17, 15) is 9.59 Å². The lowest BCUT2D eigenvalue weighted by Gasteiger charge is -2.59. The summed E-state index contributed by atoms with van der Waals surface area (Å²) < 4.78 is 3.49. The Hall–Kier alpha value is -1.24. The summed E-state index contributed by atoms with van der Waals surface area (Å²) in [6.07, 6.45) is 7.63. The zero-order chi connectivity index (χ0) is 21.1. The monoisotopic (exact) mass is 447 g/mol. The molecule has 0 aliphatic heterocycles. The van der Waals surface area contributed by atoms with Crippen LogP contribution in [0.2, 0.25) is 5.02 Å². The van der Waals surface area contributed by atoms with E-state index in [1.807, 2.05) is 25.1 Å². The number of halogens is 1. The molecule has 4 bridgehead atoms. The molecule has 5 aliphatic carbocycles. The molecule has 4 N–H and O–H groups in total. The number of carbonyl (C=O) groups is 2. The molecule has 2 unspecified atom stereocenters. The first kappa shape index (κ1) is 20.7. The fourth-order valence-corrected chi connectivity index (χ4v) is 7.85.